The Morgan fingerprint density at radius 3 is 2.74 bits per heavy atom. The minimum Gasteiger partial charge on any atom is -0.506 e. The fraction of sp³-hybridized carbons (Fsp3) is 0.300. The van der Waals surface area contributed by atoms with E-state index < -0.39 is 22.8 Å². The van der Waals surface area contributed by atoms with Gasteiger partial charge >= 0.3 is 5.97 Å². The van der Waals surface area contributed by atoms with Gasteiger partial charge in [0.25, 0.3) is 5.56 Å². The first-order valence-electron chi connectivity index (χ1n) is 8.90. The van der Waals surface area contributed by atoms with Gasteiger partial charge in [-0.15, -0.1) is 0 Å². The number of benzene rings is 1. The Labute approximate surface area is 155 Å². The van der Waals surface area contributed by atoms with Crippen LogP contribution in [0.3, 0.4) is 0 Å². The van der Waals surface area contributed by atoms with Crippen molar-refractivity contribution in [3.05, 3.63) is 50.9 Å². The van der Waals surface area contributed by atoms with Crippen LogP contribution < -0.4 is 10.9 Å². The van der Waals surface area contributed by atoms with Gasteiger partial charge in [0.05, 0.1) is 5.69 Å². The van der Waals surface area contributed by atoms with Crippen LogP contribution in [-0.4, -0.2) is 32.8 Å². The molecule has 0 bridgehead atoms. The van der Waals surface area contributed by atoms with Gasteiger partial charge in [-0.05, 0) is 44.0 Å². The number of carboxylic acid groups (broad SMARTS) is 1. The van der Waals surface area contributed by atoms with Crippen molar-refractivity contribution in [3.8, 4) is 17.0 Å². The van der Waals surface area contributed by atoms with Gasteiger partial charge in [0.2, 0.25) is 0 Å². The number of pyridine rings is 1. The predicted molar refractivity (Wildman–Crippen MR) is 102 cm³/mol. The summed E-state index contributed by atoms with van der Waals surface area (Å²) in [5.41, 5.74) is 3.87. The normalized spacial score (nSPS) is 13.3. The monoisotopic (exact) mass is 367 g/mol. The number of nitrogens with zero attached hydrogens (tertiary/aromatic N) is 1. The van der Waals surface area contributed by atoms with E-state index in [0.29, 0.717) is 17.7 Å². The summed E-state index contributed by atoms with van der Waals surface area (Å²) < 4.78 is 2.14. The molecule has 2 aromatic heterocycles. The van der Waals surface area contributed by atoms with Gasteiger partial charge in [0.15, 0.2) is 5.56 Å². The average molecular weight is 367 g/mol. The molecule has 7 nitrogen and oxygen atoms in total. The van der Waals surface area contributed by atoms with Crippen LogP contribution in [0.4, 0.5) is 0 Å². The van der Waals surface area contributed by atoms with Crippen LogP contribution in [0.1, 0.15) is 33.6 Å². The third-order valence-corrected chi connectivity index (χ3v) is 5.42. The second-order valence-electron chi connectivity index (χ2n) is 6.94. The molecule has 140 valence electrons. The number of carbonyl (C=O) groups is 1. The van der Waals surface area contributed by atoms with Gasteiger partial charge in [0.1, 0.15) is 5.75 Å². The van der Waals surface area contributed by atoms with Gasteiger partial charge in [0, 0.05) is 41.3 Å². The maximum Gasteiger partial charge on any atom is 0.345 e. The van der Waals surface area contributed by atoms with E-state index in [1.165, 1.54) is 0 Å². The van der Waals surface area contributed by atoms with E-state index in [9.17, 15) is 19.8 Å². The van der Waals surface area contributed by atoms with E-state index in [-0.39, 0.29) is 0 Å². The number of carboxylic acids is 1. The number of aromatic carboxylic acids is 1. The molecule has 0 fully saturated rings. The van der Waals surface area contributed by atoms with E-state index in [0.717, 1.165) is 47.1 Å². The SMILES string of the molecule is CNCc1cc2c3c(ccc2n1C)-c1[nH]c(=O)c(C(=O)O)c(O)c1CCC3. The van der Waals surface area contributed by atoms with Gasteiger partial charge in [-0.2, -0.15) is 0 Å². The number of fused-ring (bicyclic) bond motifs is 5. The maximum absolute atomic E-state index is 12.3. The summed E-state index contributed by atoms with van der Waals surface area (Å²) in [7, 11) is 3.93. The Kier molecular flexibility index (Phi) is 4.04. The van der Waals surface area contributed by atoms with Crippen LogP contribution in [0.2, 0.25) is 0 Å². The first-order valence-corrected chi connectivity index (χ1v) is 8.90. The molecule has 0 saturated heterocycles. The lowest BCUT2D eigenvalue weighted by Gasteiger charge is -2.13. The average Bonchev–Trinajstić information content (AvgIpc) is 2.81. The Balaban J connectivity index is 2.02. The van der Waals surface area contributed by atoms with Crippen LogP contribution in [0.15, 0.2) is 23.0 Å². The molecule has 1 aliphatic carbocycles. The number of aromatic hydroxyl groups is 1. The van der Waals surface area contributed by atoms with Crippen molar-refractivity contribution in [1.29, 1.82) is 0 Å². The lowest BCUT2D eigenvalue weighted by Crippen LogP contribution is -2.20. The molecule has 2 heterocycles. The van der Waals surface area contributed by atoms with Crippen LogP contribution in [0.25, 0.3) is 22.2 Å². The molecule has 4 N–H and O–H groups in total. The zero-order chi connectivity index (χ0) is 19.3. The summed E-state index contributed by atoms with van der Waals surface area (Å²) >= 11 is 0. The van der Waals surface area contributed by atoms with E-state index in [1.807, 2.05) is 26.2 Å². The van der Waals surface area contributed by atoms with Crippen LogP contribution in [0, 0.1) is 0 Å². The van der Waals surface area contributed by atoms with Gasteiger partial charge in [-0.25, -0.2) is 4.79 Å². The summed E-state index contributed by atoms with van der Waals surface area (Å²) in [6.45, 7) is 0.746. The number of hydrogen-bond acceptors (Lipinski definition) is 4. The third kappa shape index (κ3) is 2.54. The molecule has 0 radical (unpaired) electrons. The van der Waals surface area contributed by atoms with Crippen molar-refractivity contribution in [2.75, 3.05) is 7.05 Å². The molecule has 4 rings (SSSR count). The second-order valence-corrected chi connectivity index (χ2v) is 6.94. The smallest absolute Gasteiger partial charge is 0.345 e. The van der Waals surface area contributed by atoms with Gasteiger partial charge in [-0.3, -0.25) is 4.79 Å². The predicted octanol–water partition coefficient (Wildman–Crippen LogP) is 2.15. The number of hydrogen-bond donors (Lipinski definition) is 4. The number of nitrogens with one attached hydrogen (secondary N) is 2. The molecule has 0 amide bonds. The van der Waals surface area contributed by atoms with E-state index in [4.69, 9.17) is 0 Å². The summed E-state index contributed by atoms with van der Waals surface area (Å²) in [5.74, 6) is -1.84. The molecule has 0 saturated carbocycles. The van der Waals surface area contributed by atoms with Crippen LogP contribution in [0.5, 0.6) is 5.75 Å². The second kappa shape index (κ2) is 6.28. The fourth-order valence-electron chi connectivity index (χ4n) is 4.12. The van der Waals surface area contributed by atoms with Crippen molar-refractivity contribution >= 4 is 16.9 Å². The molecule has 27 heavy (non-hydrogen) atoms. The summed E-state index contributed by atoms with van der Waals surface area (Å²) in [4.78, 5) is 26.3. The molecular weight excluding hydrogens is 346 g/mol. The van der Waals surface area contributed by atoms with Crippen molar-refractivity contribution in [2.45, 2.75) is 25.8 Å². The largest absolute Gasteiger partial charge is 0.506 e. The highest BCUT2D eigenvalue weighted by atomic mass is 16.4. The highest BCUT2D eigenvalue weighted by molar-refractivity contribution is 5.94. The van der Waals surface area contributed by atoms with Gasteiger partial charge < -0.3 is 25.1 Å². The Morgan fingerprint density at radius 2 is 2.04 bits per heavy atom. The lowest BCUT2D eigenvalue weighted by atomic mass is 9.97. The van der Waals surface area contributed by atoms with Gasteiger partial charge in [-0.1, -0.05) is 6.07 Å². The third-order valence-electron chi connectivity index (χ3n) is 5.42. The van der Waals surface area contributed by atoms with Crippen molar-refractivity contribution in [3.63, 3.8) is 0 Å². The van der Waals surface area contributed by atoms with Crippen LogP contribution >= 0.6 is 0 Å². The molecule has 0 atom stereocenters. The highest BCUT2D eigenvalue weighted by Crippen LogP contribution is 2.39. The molecule has 1 aliphatic rings. The zero-order valence-electron chi connectivity index (χ0n) is 15.2. The number of aromatic amines is 1. The standard InChI is InChI=1S/C20H21N3O4/c1-21-9-10-8-14-11-4-3-5-13-17(12(11)6-7-15(14)23(10)2)22-19(25)16(18(13)24)20(26)27/h6-8,21H,3-5,9H2,1-2H3,(H,26,27)(H2,22,24,25). The topological polar surface area (TPSA) is 107 Å². The number of aryl methyl sites for hydroxylation is 2. The number of H-pyrrole nitrogens is 1. The van der Waals surface area contributed by atoms with E-state index in [2.05, 4.69) is 20.9 Å². The van der Waals surface area contributed by atoms with E-state index >= 15 is 0 Å². The Hall–Kier alpha value is -3.06. The molecule has 1 aromatic carbocycles. The fourth-order valence-corrected chi connectivity index (χ4v) is 4.12. The summed E-state index contributed by atoms with van der Waals surface area (Å²) in [5, 5.41) is 24.0. The first-order chi connectivity index (χ1) is 12.9. The summed E-state index contributed by atoms with van der Waals surface area (Å²) in [6, 6.07) is 6.10. The first kappa shape index (κ1) is 17.4. The minimum absolute atomic E-state index is 0.418. The molecule has 3 aromatic rings. The summed E-state index contributed by atoms with van der Waals surface area (Å²) in [6.07, 6.45) is 2.05. The highest BCUT2D eigenvalue weighted by Gasteiger charge is 2.26. The zero-order valence-corrected chi connectivity index (χ0v) is 15.2. The molecule has 0 spiro atoms. The van der Waals surface area contributed by atoms with Crippen LogP contribution in [-0.2, 0) is 26.4 Å². The molecule has 0 aliphatic heterocycles. The number of aromatic nitrogens is 2. The number of rotatable bonds is 3. The quantitative estimate of drug-likeness (QED) is 0.567. The van der Waals surface area contributed by atoms with Crippen molar-refractivity contribution in [1.82, 2.24) is 14.9 Å². The Morgan fingerprint density at radius 1 is 1.30 bits per heavy atom. The Bertz CT molecular complexity index is 1140. The minimum atomic E-state index is -1.42. The maximum atomic E-state index is 12.3. The lowest BCUT2D eigenvalue weighted by molar-refractivity contribution is 0.0691. The van der Waals surface area contributed by atoms with E-state index in [1.54, 1.807) is 0 Å². The molecular formula is C20H21N3O4. The van der Waals surface area contributed by atoms with Crippen molar-refractivity contribution < 1.29 is 15.0 Å². The molecule has 0 unspecified atom stereocenters. The van der Waals surface area contributed by atoms with Crippen molar-refractivity contribution in [2.24, 2.45) is 7.05 Å². The molecule has 7 heteroatoms.